The summed E-state index contributed by atoms with van der Waals surface area (Å²) in [5.41, 5.74) is 2.06. The zero-order valence-corrected chi connectivity index (χ0v) is 16.8. The Morgan fingerprint density at radius 1 is 0.897 bits per heavy atom. The number of thiocarbonyl (C=S) groups is 1. The van der Waals surface area contributed by atoms with Gasteiger partial charge in [-0.2, -0.15) is 0 Å². The van der Waals surface area contributed by atoms with Crippen LogP contribution < -0.4 is 9.64 Å². The Bertz CT molecular complexity index is 1090. The van der Waals surface area contributed by atoms with Crippen molar-refractivity contribution in [2.75, 3.05) is 4.90 Å². The van der Waals surface area contributed by atoms with Crippen molar-refractivity contribution in [3.63, 3.8) is 0 Å². The molecule has 29 heavy (non-hydrogen) atoms. The van der Waals surface area contributed by atoms with E-state index in [1.54, 1.807) is 54.6 Å². The normalized spacial score (nSPS) is 15.0. The molecular formula is C23H15NO3S2. The molecule has 0 spiro atoms. The third-order valence-electron chi connectivity index (χ3n) is 4.21. The molecule has 1 heterocycles. The Morgan fingerprint density at radius 3 is 2.17 bits per heavy atom. The van der Waals surface area contributed by atoms with E-state index in [1.165, 1.54) is 16.7 Å². The van der Waals surface area contributed by atoms with Gasteiger partial charge in [-0.3, -0.25) is 9.69 Å². The number of para-hydroxylation sites is 1. The van der Waals surface area contributed by atoms with Crippen molar-refractivity contribution in [1.29, 1.82) is 0 Å². The molecule has 0 atom stereocenters. The van der Waals surface area contributed by atoms with Crippen molar-refractivity contribution in [1.82, 2.24) is 0 Å². The van der Waals surface area contributed by atoms with Crippen molar-refractivity contribution in [3.05, 3.63) is 101 Å². The highest BCUT2D eigenvalue weighted by atomic mass is 32.2. The topological polar surface area (TPSA) is 46.6 Å². The second-order valence-corrected chi connectivity index (χ2v) is 7.85. The van der Waals surface area contributed by atoms with Crippen LogP contribution in [-0.2, 0) is 4.79 Å². The predicted molar refractivity (Wildman–Crippen MR) is 120 cm³/mol. The molecule has 0 N–H and O–H groups in total. The van der Waals surface area contributed by atoms with E-state index in [0.29, 0.717) is 20.5 Å². The number of benzene rings is 3. The molecule has 0 aromatic heterocycles. The molecule has 1 fully saturated rings. The number of esters is 1. The smallest absolute Gasteiger partial charge is 0.343 e. The second-order valence-electron chi connectivity index (χ2n) is 6.18. The van der Waals surface area contributed by atoms with Crippen LogP contribution in [-0.4, -0.2) is 16.2 Å². The summed E-state index contributed by atoms with van der Waals surface area (Å²) in [5.74, 6) is -0.124. The van der Waals surface area contributed by atoms with Gasteiger partial charge < -0.3 is 4.74 Å². The summed E-state index contributed by atoms with van der Waals surface area (Å²) in [6.07, 6.45) is 1.78. The van der Waals surface area contributed by atoms with Gasteiger partial charge in [-0.25, -0.2) is 4.79 Å². The summed E-state index contributed by atoms with van der Waals surface area (Å²) in [4.78, 5) is 27.0. The lowest BCUT2D eigenvalue weighted by molar-refractivity contribution is -0.113. The van der Waals surface area contributed by atoms with Crippen LogP contribution >= 0.6 is 24.0 Å². The zero-order valence-electron chi connectivity index (χ0n) is 15.1. The van der Waals surface area contributed by atoms with Gasteiger partial charge in [0.1, 0.15) is 5.75 Å². The Labute approximate surface area is 177 Å². The van der Waals surface area contributed by atoms with E-state index < -0.39 is 5.97 Å². The number of hydrogen-bond acceptors (Lipinski definition) is 5. The number of carbonyl (C=O) groups excluding carboxylic acids is 2. The van der Waals surface area contributed by atoms with Crippen LogP contribution in [0.5, 0.6) is 5.75 Å². The first-order chi connectivity index (χ1) is 14.1. The monoisotopic (exact) mass is 417 g/mol. The Kier molecular flexibility index (Phi) is 5.55. The van der Waals surface area contributed by atoms with Gasteiger partial charge >= 0.3 is 5.97 Å². The quantitative estimate of drug-likeness (QED) is 0.249. The molecule has 3 aromatic rings. The number of hydrogen-bond donors (Lipinski definition) is 0. The maximum atomic E-state index is 12.8. The molecule has 1 saturated heterocycles. The fraction of sp³-hybridized carbons (Fsp3) is 0. The summed E-state index contributed by atoms with van der Waals surface area (Å²) in [6.45, 7) is 0. The highest BCUT2D eigenvalue weighted by Gasteiger charge is 2.33. The Morgan fingerprint density at radius 2 is 1.52 bits per heavy atom. The van der Waals surface area contributed by atoms with Gasteiger partial charge in [0.15, 0.2) is 4.32 Å². The molecule has 1 aliphatic rings. The summed E-state index contributed by atoms with van der Waals surface area (Å²) in [5, 5.41) is 0. The van der Waals surface area contributed by atoms with Crippen molar-refractivity contribution < 1.29 is 14.3 Å². The van der Waals surface area contributed by atoms with Gasteiger partial charge in [0.05, 0.1) is 16.2 Å². The van der Waals surface area contributed by atoms with Gasteiger partial charge in [0.25, 0.3) is 5.91 Å². The average molecular weight is 418 g/mol. The van der Waals surface area contributed by atoms with Gasteiger partial charge in [-0.1, -0.05) is 72.5 Å². The van der Waals surface area contributed by atoms with Crippen LogP contribution in [0.2, 0.25) is 0 Å². The summed E-state index contributed by atoms with van der Waals surface area (Å²) in [7, 11) is 0. The first-order valence-electron chi connectivity index (χ1n) is 8.82. The third-order valence-corrected chi connectivity index (χ3v) is 5.51. The first-order valence-corrected chi connectivity index (χ1v) is 10.0. The molecule has 0 radical (unpaired) electrons. The number of nitrogens with zero attached hydrogens (tertiary/aromatic N) is 1. The van der Waals surface area contributed by atoms with Crippen LogP contribution in [0.25, 0.3) is 6.08 Å². The van der Waals surface area contributed by atoms with E-state index in [2.05, 4.69) is 0 Å². The van der Waals surface area contributed by atoms with Crippen molar-refractivity contribution in [3.8, 4) is 5.75 Å². The van der Waals surface area contributed by atoms with E-state index in [0.717, 1.165) is 11.3 Å². The van der Waals surface area contributed by atoms with E-state index in [-0.39, 0.29) is 5.91 Å². The predicted octanol–water partition coefficient (Wildman–Crippen LogP) is 5.31. The summed E-state index contributed by atoms with van der Waals surface area (Å²) >= 11 is 6.64. The molecule has 142 valence electrons. The van der Waals surface area contributed by atoms with E-state index in [1.807, 2.05) is 36.4 Å². The van der Waals surface area contributed by atoms with Crippen LogP contribution in [0.3, 0.4) is 0 Å². The second kappa shape index (κ2) is 8.43. The van der Waals surface area contributed by atoms with Crippen LogP contribution in [0.15, 0.2) is 89.8 Å². The summed E-state index contributed by atoms with van der Waals surface area (Å²) in [6, 6.07) is 25.1. The average Bonchev–Trinajstić information content (AvgIpc) is 3.03. The molecule has 0 aliphatic carbocycles. The number of ether oxygens (including phenoxy) is 1. The molecule has 1 amide bonds. The number of carbonyl (C=O) groups is 2. The van der Waals surface area contributed by atoms with Gasteiger partial charge in [0, 0.05) is 0 Å². The fourth-order valence-corrected chi connectivity index (χ4v) is 4.09. The van der Waals surface area contributed by atoms with E-state index in [9.17, 15) is 9.59 Å². The van der Waals surface area contributed by atoms with E-state index >= 15 is 0 Å². The molecule has 6 heteroatoms. The van der Waals surface area contributed by atoms with Crippen LogP contribution in [0, 0.1) is 0 Å². The van der Waals surface area contributed by atoms with Crippen LogP contribution in [0.1, 0.15) is 15.9 Å². The molecule has 4 rings (SSSR count). The van der Waals surface area contributed by atoms with Crippen molar-refractivity contribution in [2.45, 2.75) is 0 Å². The third kappa shape index (κ3) is 4.29. The minimum absolute atomic E-state index is 0.147. The zero-order chi connectivity index (χ0) is 20.2. The maximum Gasteiger partial charge on any atom is 0.343 e. The van der Waals surface area contributed by atoms with Gasteiger partial charge in [0.2, 0.25) is 0 Å². The number of anilines is 1. The molecule has 1 aliphatic heterocycles. The first kappa shape index (κ1) is 19.1. The van der Waals surface area contributed by atoms with Gasteiger partial charge in [-0.05, 0) is 48.0 Å². The van der Waals surface area contributed by atoms with E-state index in [4.69, 9.17) is 17.0 Å². The fourth-order valence-electron chi connectivity index (χ4n) is 2.79. The Hall–Kier alpha value is -3.22. The highest BCUT2D eigenvalue weighted by molar-refractivity contribution is 8.27. The molecule has 0 saturated carbocycles. The largest absolute Gasteiger partial charge is 0.423 e. The minimum atomic E-state index is -0.415. The van der Waals surface area contributed by atoms with Crippen molar-refractivity contribution in [2.24, 2.45) is 0 Å². The summed E-state index contributed by atoms with van der Waals surface area (Å²) < 4.78 is 5.88. The lowest BCUT2D eigenvalue weighted by Crippen LogP contribution is -2.27. The number of thioether (sulfide) groups is 1. The number of amides is 1. The molecule has 3 aromatic carbocycles. The Balaban J connectivity index is 1.48. The standard InChI is InChI=1S/C23H15NO3S2/c25-21-20(29-23(28)24(21)18-9-5-2-6-10-18)15-16-11-13-19(14-12-16)27-22(26)17-7-3-1-4-8-17/h1-15H/b20-15+. The number of rotatable bonds is 4. The lowest BCUT2D eigenvalue weighted by atomic mass is 10.2. The van der Waals surface area contributed by atoms with Crippen molar-refractivity contribution >= 4 is 51.9 Å². The minimum Gasteiger partial charge on any atom is -0.423 e. The highest BCUT2D eigenvalue weighted by Crippen LogP contribution is 2.36. The van der Waals surface area contributed by atoms with Gasteiger partial charge in [-0.15, -0.1) is 0 Å². The SMILES string of the molecule is O=C(Oc1ccc(/C=C2/SC(=S)N(c3ccccc3)C2=O)cc1)c1ccccc1. The maximum absolute atomic E-state index is 12.8. The molecule has 0 bridgehead atoms. The molecule has 4 nitrogen and oxygen atoms in total. The lowest BCUT2D eigenvalue weighted by Gasteiger charge is -2.13. The molecule has 0 unspecified atom stereocenters. The molecular weight excluding hydrogens is 402 g/mol. The van der Waals surface area contributed by atoms with Crippen LogP contribution in [0.4, 0.5) is 5.69 Å².